The van der Waals surface area contributed by atoms with E-state index in [0.29, 0.717) is 5.92 Å². The second kappa shape index (κ2) is 8.52. The van der Waals surface area contributed by atoms with Crippen LogP contribution < -0.4 is 4.90 Å². The molecule has 0 saturated carbocycles. The number of rotatable bonds is 5. The number of fused-ring (bicyclic) bond motifs is 1. The first-order chi connectivity index (χ1) is 15.2. The standard InChI is InChI=1S/C26H29N5/c1-20(2)24-17-25(30-15-13-29(14-16-30)19-21-9-5-3-6-10-21)31-26(28-24)23(18-27-31)22-11-7-4-8-12-22/h3-12,17-18,20H,13-16,19H2,1-2H3. The van der Waals surface area contributed by atoms with Crippen LogP contribution in [0.1, 0.15) is 31.0 Å². The Kier molecular flexibility index (Phi) is 5.43. The molecule has 1 saturated heterocycles. The van der Waals surface area contributed by atoms with Crippen LogP contribution in [0.3, 0.4) is 0 Å². The SMILES string of the molecule is CC(C)c1cc(N2CCN(Cc3ccccc3)CC2)n2ncc(-c3ccccc3)c2n1. The predicted molar refractivity (Wildman–Crippen MR) is 126 cm³/mol. The molecule has 0 N–H and O–H groups in total. The van der Waals surface area contributed by atoms with E-state index in [-0.39, 0.29) is 0 Å². The van der Waals surface area contributed by atoms with Gasteiger partial charge in [-0.15, -0.1) is 0 Å². The minimum Gasteiger partial charge on any atom is -0.354 e. The monoisotopic (exact) mass is 411 g/mol. The lowest BCUT2D eigenvalue weighted by molar-refractivity contribution is 0.249. The summed E-state index contributed by atoms with van der Waals surface area (Å²) in [5.41, 5.74) is 5.69. The van der Waals surface area contributed by atoms with E-state index in [1.165, 1.54) is 5.56 Å². The van der Waals surface area contributed by atoms with E-state index in [9.17, 15) is 0 Å². The molecule has 2 aromatic heterocycles. The van der Waals surface area contributed by atoms with Crippen LogP contribution in [0.4, 0.5) is 5.82 Å². The summed E-state index contributed by atoms with van der Waals surface area (Å²) in [6.07, 6.45) is 1.96. The molecule has 1 aliphatic rings. The van der Waals surface area contributed by atoms with Crippen LogP contribution in [0.25, 0.3) is 16.8 Å². The van der Waals surface area contributed by atoms with Crippen molar-refractivity contribution in [3.63, 3.8) is 0 Å². The quantitative estimate of drug-likeness (QED) is 0.471. The third-order valence-corrected chi connectivity index (χ3v) is 6.09. The Balaban J connectivity index is 1.44. The molecule has 5 rings (SSSR count). The summed E-state index contributed by atoms with van der Waals surface area (Å²) >= 11 is 0. The van der Waals surface area contributed by atoms with Gasteiger partial charge in [0.25, 0.3) is 0 Å². The molecule has 1 aliphatic heterocycles. The number of aromatic nitrogens is 3. The molecular formula is C26H29N5. The molecule has 3 heterocycles. The Morgan fingerprint density at radius 3 is 2.23 bits per heavy atom. The first kappa shape index (κ1) is 19.8. The maximum absolute atomic E-state index is 5.00. The van der Waals surface area contributed by atoms with Crippen molar-refractivity contribution >= 4 is 11.5 Å². The summed E-state index contributed by atoms with van der Waals surface area (Å²) in [6, 6.07) is 23.4. The number of piperazine rings is 1. The normalized spacial score (nSPS) is 15.1. The fourth-order valence-electron chi connectivity index (χ4n) is 4.28. The van der Waals surface area contributed by atoms with Gasteiger partial charge >= 0.3 is 0 Å². The van der Waals surface area contributed by atoms with E-state index in [4.69, 9.17) is 10.1 Å². The molecule has 0 atom stereocenters. The summed E-state index contributed by atoms with van der Waals surface area (Å²) in [4.78, 5) is 10.00. The van der Waals surface area contributed by atoms with Gasteiger partial charge in [-0.05, 0) is 17.0 Å². The average molecular weight is 412 g/mol. The zero-order chi connectivity index (χ0) is 21.2. The Morgan fingerprint density at radius 2 is 1.55 bits per heavy atom. The lowest BCUT2D eigenvalue weighted by atomic mass is 10.1. The average Bonchev–Trinajstić information content (AvgIpc) is 3.24. The topological polar surface area (TPSA) is 36.7 Å². The van der Waals surface area contributed by atoms with Crippen LogP contribution in [0.2, 0.25) is 0 Å². The van der Waals surface area contributed by atoms with E-state index < -0.39 is 0 Å². The molecule has 4 aromatic rings. The fourth-order valence-corrected chi connectivity index (χ4v) is 4.28. The smallest absolute Gasteiger partial charge is 0.165 e. The van der Waals surface area contributed by atoms with Gasteiger partial charge in [0.2, 0.25) is 0 Å². The number of benzene rings is 2. The minimum atomic E-state index is 0.363. The molecule has 2 aromatic carbocycles. The first-order valence-corrected chi connectivity index (χ1v) is 11.1. The summed E-state index contributed by atoms with van der Waals surface area (Å²) in [5, 5.41) is 4.76. The second-order valence-electron chi connectivity index (χ2n) is 8.60. The number of anilines is 1. The highest BCUT2D eigenvalue weighted by Gasteiger charge is 2.22. The Morgan fingerprint density at radius 1 is 0.871 bits per heavy atom. The lowest BCUT2D eigenvalue weighted by Gasteiger charge is -2.36. The van der Waals surface area contributed by atoms with Crippen molar-refractivity contribution in [3.8, 4) is 11.1 Å². The zero-order valence-corrected chi connectivity index (χ0v) is 18.3. The molecule has 0 aliphatic carbocycles. The highest BCUT2D eigenvalue weighted by molar-refractivity contribution is 5.78. The third kappa shape index (κ3) is 4.06. The molecule has 0 spiro atoms. The summed E-state index contributed by atoms with van der Waals surface area (Å²) < 4.78 is 2.03. The van der Waals surface area contributed by atoms with Crippen LogP contribution in [0.5, 0.6) is 0 Å². The van der Waals surface area contributed by atoms with Gasteiger partial charge < -0.3 is 4.90 Å². The molecule has 0 amide bonds. The van der Waals surface area contributed by atoms with Crippen LogP contribution >= 0.6 is 0 Å². The highest BCUT2D eigenvalue weighted by atomic mass is 15.4. The van der Waals surface area contributed by atoms with Gasteiger partial charge in [0.15, 0.2) is 5.65 Å². The molecule has 0 bridgehead atoms. The molecule has 5 heteroatoms. The molecule has 5 nitrogen and oxygen atoms in total. The first-order valence-electron chi connectivity index (χ1n) is 11.1. The van der Waals surface area contributed by atoms with E-state index in [1.807, 2.05) is 16.8 Å². The van der Waals surface area contributed by atoms with E-state index in [0.717, 1.165) is 61.0 Å². The van der Waals surface area contributed by atoms with Crippen molar-refractivity contribution in [2.24, 2.45) is 0 Å². The number of hydrogen-bond donors (Lipinski definition) is 0. The Hall–Kier alpha value is -3.18. The number of hydrogen-bond acceptors (Lipinski definition) is 4. The Labute approximate surface area is 184 Å². The van der Waals surface area contributed by atoms with E-state index in [2.05, 4.69) is 84.3 Å². The van der Waals surface area contributed by atoms with Gasteiger partial charge in [-0.25, -0.2) is 4.98 Å². The lowest BCUT2D eigenvalue weighted by Crippen LogP contribution is -2.46. The number of nitrogens with zero attached hydrogens (tertiary/aromatic N) is 5. The van der Waals surface area contributed by atoms with Crippen molar-refractivity contribution in [3.05, 3.63) is 84.2 Å². The maximum Gasteiger partial charge on any atom is 0.165 e. The largest absolute Gasteiger partial charge is 0.354 e. The van der Waals surface area contributed by atoms with E-state index in [1.54, 1.807) is 0 Å². The van der Waals surface area contributed by atoms with Crippen molar-refractivity contribution in [2.75, 3.05) is 31.1 Å². The van der Waals surface area contributed by atoms with Crippen LogP contribution in [-0.4, -0.2) is 45.7 Å². The molecule has 1 fully saturated rings. The maximum atomic E-state index is 5.00. The summed E-state index contributed by atoms with van der Waals surface area (Å²) in [7, 11) is 0. The summed E-state index contributed by atoms with van der Waals surface area (Å²) in [5.74, 6) is 1.51. The highest BCUT2D eigenvalue weighted by Crippen LogP contribution is 2.29. The van der Waals surface area contributed by atoms with Gasteiger partial charge in [-0.2, -0.15) is 9.61 Å². The van der Waals surface area contributed by atoms with Crippen LogP contribution in [-0.2, 0) is 6.54 Å². The molecule has 0 unspecified atom stereocenters. The predicted octanol–water partition coefficient (Wildman–Crippen LogP) is 4.84. The zero-order valence-electron chi connectivity index (χ0n) is 18.3. The van der Waals surface area contributed by atoms with Crippen molar-refractivity contribution in [1.29, 1.82) is 0 Å². The fraction of sp³-hybridized carbons (Fsp3) is 0.308. The van der Waals surface area contributed by atoms with Gasteiger partial charge in [0.05, 0.1) is 6.20 Å². The van der Waals surface area contributed by atoms with Gasteiger partial charge in [-0.1, -0.05) is 74.5 Å². The van der Waals surface area contributed by atoms with Crippen LogP contribution in [0.15, 0.2) is 72.9 Å². The van der Waals surface area contributed by atoms with Gasteiger partial charge in [-0.3, -0.25) is 4.90 Å². The van der Waals surface area contributed by atoms with Gasteiger partial charge in [0.1, 0.15) is 5.82 Å². The molecular weight excluding hydrogens is 382 g/mol. The summed E-state index contributed by atoms with van der Waals surface area (Å²) in [6.45, 7) is 9.49. The van der Waals surface area contributed by atoms with Crippen molar-refractivity contribution in [2.45, 2.75) is 26.3 Å². The third-order valence-electron chi connectivity index (χ3n) is 6.09. The van der Waals surface area contributed by atoms with Gasteiger partial charge in [0, 0.05) is 50.0 Å². The van der Waals surface area contributed by atoms with Crippen molar-refractivity contribution < 1.29 is 0 Å². The Bertz CT molecular complexity index is 1140. The molecule has 31 heavy (non-hydrogen) atoms. The minimum absolute atomic E-state index is 0.363. The molecule has 158 valence electrons. The van der Waals surface area contributed by atoms with Crippen molar-refractivity contribution in [1.82, 2.24) is 19.5 Å². The molecule has 0 radical (unpaired) electrons. The second-order valence-corrected chi connectivity index (χ2v) is 8.60. The van der Waals surface area contributed by atoms with Crippen LogP contribution in [0, 0.1) is 0 Å². The van der Waals surface area contributed by atoms with E-state index >= 15 is 0 Å².